The van der Waals surface area contributed by atoms with Crippen molar-refractivity contribution in [3.8, 4) is 0 Å². The average Bonchev–Trinajstić information content (AvgIpc) is 2.26. The van der Waals surface area contributed by atoms with Crippen LogP contribution >= 0.6 is 0 Å². The molecule has 2 unspecified atom stereocenters. The lowest BCUT2D eigenvalue weighted by Crippen LogP contribution is -2.38. The Balaban J connectivity index is 4.79. The van der Waals surface area contributed by atoms with Crippen molar-refractivity contribution in [2.75, 3.05) is 13.7 Å². The van der Waals surface area contributed by atoms with Crippen LogP contribution in [-0.2, 0) is 19.1 Å². The second-order valence-electron chi connectivity index (χ2n) is 4.40. The summed E-state index contributed by atoms with van der Waals surface area (Å²) in [5, 5.41) is 0. The van der Waals surface area contributed by atoms with Gasteiger partial charge in [-0.3, -0.25) is 9.59 Å². The van der Waals surface area contributed by atoms with E-state index in [1.807, 2.05) is 20.8 Å². The first-order valence-corrected chi connectivity index (χ1v) is 6.22. The normalized spacial score (nSPS) is 14.5. The molecule has 0 aliphatic carbocycles. The minimum atomic E-state index is -0.688. The Labute approximate surface area is 104 Å². The third-order valence-electron chi connectivity index (χ3n) is 2.63. The van der Waals surface area contributed by atoms with E-state index in [4.69, 9.17) is 9.47 Å². The fourth-order valence-electron chi connectivity index (χ4n) is 1.82. The topological polar surface area (TPSA) is 52.6 Å². The number of Topliss-reactive ketones (excluding diaryl/α,β-unsaturated/α-hetero) is 1. The predicted molar refractivity (Wildman–Crippen MR) is 65.7 cm³/mol. The molecule has 0 saturated heterocycles. The Kier molecular flexibility index (Phi) is 7.79. The van der Waals surface area contributed by atoms with E-state index in [9.17, 15) is 9.59 Å². The smallest absolute Gasteiger partial charge is 0.316 e. The van der Waals surface area contributed by atoms with Crippen LogP contribution < -0.4 is 0 Å². The molecule has 0 fully saturated rings. The van der Waals surface area contributed by atoms with E-state index in [2.05, 4.69) is 0 Å². The van der Waals surface area contributed by atoms with Gasteiger partial charge in [-0.2, -0.15) is 0 Å². The summed E-state index contributed by atoms with van der Waals surface area (Å²) >= 11 is 0. The first kappa shape index (κ1) is 16.1. The summed E-state index contributed by atoms with van der Waals surface area (Å²) in [6, 6.07) is 0. The molecule has 0 spiro atoms. The van der Waals surface area contributed by atoms with Gasteiger partial charge in [-0.15, -0.1) is 0 Å². The number of rotatable bonds is 8. The molecule has 0 amide bonds. The summed E-state index contributed by atoms with van der Waals surface area (Å²) in [4.78, 5) is 23.9. The first-order valence-electron chi connectivity index (χ1n) is 6.22. The molecular weight excluding hydrogens is 220 g/mol. The molecule has 0 aromatic rings. The lowest BCUT2D eigenvalue weighted by atomic mass is 9.90. The van der Waals surface area contributed by atoms with Crippen LogP contribution in [0.15, 0.2) is 0 Å². The van der Waals surface area contributed by atoms with Crippen LogP contribution in [0.3, 0.4) is 0 Å². The maximum atomic E-state index is 12.2. The Morgan fingerprint density at radius 2 is 1.76 bits per heavy atom. The van der Waals surface area contributed by atoms with Crippen molar-refractivity contribution in [2.45, 2.75) is 46.6 Å². The molecule has 0 aromatic carbocycles. The monoisotopic (exact) mass is 244 g/mol. The predicted octanol–water partition coefficient (Wildman–Crippen LogP) is 2.21. The number of hydrogen-bond donors (Lipinski definition) is 0. The zero-order valence-corrected chi connectivity index (χ0v) is 11.5. The van der Waals surface area contributed by atoms with Crippen LogP contribution in [-0.4, -0.2) is 31.6 Å². The highest BCUT2D eigenvalue weighted by atomic mass is 16.5. The highest BCUT2D eigenvalue weighted by Gasteiger charge is 2.34. The zero-order valence-electron chi connectivity index (χ0n) is 11.5. The molecule has 4 heteroatoms. The van der Waals surface area contributed by atoms with Gasteiger partial charge in [0.05, 0.1) is 6.61 Å². The molecule has 17 heavy (non-hydrogen) atoms. The third-order valence-corrected chi connectivity index (χ3v) is 2.63. The van der Waals surface area contributed by atoms with Crippen molar-refractivity contribution < 1.29 is 19.1 Å². The molecule has 0 saturated carbocycles. The van der Waals surface area contributed by atoms with Crippen molar-refractivity contribution in [2.24, 2.45) is 11.8 Å². The summed E-state index contributed by atoms with van der Waals surface area (Å²) in [6.07, 6.45) is 0.754. The molecule has 0 aliphatic heterocycles. The molecular formula is C13H24O4. The van der Waals surface area contributed by atoms with Crippen molar-refractivity contribution >= 4 is 11.8 Å². The van der Waals surface area contributed by atoms with Crippen LogP contribution in [0.25, 0.3) is 0 Å². The fraction of sp³-hybridized carbons (Fsp3) is 0.846. The molecule has 0 radical (unpaired) electrons. The van der Waals surface area contributed by atoms with Crippen LogP contribution in [0.4, 0.5) is 0 Å². The average molecular weight is 244 g/mol. The first-order chi connectivity index (χ1) is 7.99. The Morgan fingerprint density at radius 1 is 1.18 bits per heavy atom. The maximum absolute atomic E-state index is 12.2. The molecule has 0 rings (SSSR count). The van der Waals surface area contributed by atoms with E-state index in [1.165, 1.54) is 7.11 Å². The molecule has 0 heterocycles. The second kappa shape index (κ2) is 8.23. The van der Waals surface area contributed by atoms with Gasteiger partial charge in [0.2, 0.25) is 0 Å². The SMILES string of the molecule is CCCC(C(=O)OCC)C(=O)C(OC)C(C)C. The van der Waals surface area contributed by atoms with E-state index < -0.39 is 18.0 Å². The van der Waals surface area contributed by atoms with Gasteiger partial charge < -0.3 is 9.47 Å². The minimum Gasteiger partial charge on any atom is -0.465 e. The number of methoxy groups -OCH3 is 1. The number of hydrogen-bond acceptors (Lipinski definition) is 4. The van der Waals surface area contributed by atoms with Gasteiger partial charge in [-0.1, -0.05) is 27.2 Å². The summed E-state index contributed by atoms with van der Waals surface area (Å²) < 4.78 is 10.1. The highest BCUT2D eigenvalue weighted by Crippen LogP contribution is 2.18. The number of carbonyl (C=O) groups is 2. The molecule has 0 aromatic heterocycles. The summed E-state index contributed by atoms with van der Waals surface area (Å²) in [7, 11) is 1.50. The standard InChI is InChI=1S/C13H24O4/c1-6-8-10(13(15)17-7-2)11(14)12(16-5)9(3)4/h9-10,12H,6-8H2,1-5H3. The quantitative estimate of drug-likeness (QED) is 0.485. The molecule has 2 atom stereocenters. The van der Waals surface area contributed by atoms with E-state index >= 15 is 0 Å². The number of carbonyl (C=O) groups excluding carboxylic acids is 2. The van der Waals surface area contributed by atoms with Gasteiger partial charge >= 0.3 is 5.97 Å². The number of ketones is 1. The van der Waals surface area contributed by atoms with E-state index in [0.717, 1.165) is 6.42 Å². The summed E-state index contributed by atoms with van der Waals surface area (Å²) in [6.45, 7) is 7.78. The molecule has 0 aliphatic rings. The Hall–Kier alpha value is -0.900. The van der Waals surface area contributed by atoms with Crippen molar-refractivity contribution in [1.29, 1.82) is 0 Å². The second-order valence-corrected chi connectivity index (χ2v) is 4.40. The van der Waals surface area contributed by atoms with Gasteiger partial charge in [0.15, 0.2) is 5.78 Å². The molecule has 4 nitrogen and oxygen atoms in total. The lowest BCUT2D eigenvalue weighted by molar-refractivity contribution is -0.155. The Morgan fingerprint density at radius 3 is 2.12 bits per heavy atom. The highest BCUT2D eigenvalue weighted by molar-refractivity contribution is 6.01. The van der Waals surface area contributed by atoms with Crippen LogP contribution in [0, 0.1) is 11.8 Å². The fourth-order valence-corrected chi connectivity index (χ4v) is 1.82. The van der Waals surface area contributed by atoms with E-state index in [1.54, 1.807) is 6.92 Å². The largest absolute Gasteiger partial charge is 0.465 e. The van der Waals surface area contributed by atoms with Crippen LogP contribution in [0.1, 0.15) is 40.5 Å². The van der Waals surface area contributed by atoms with Gasteiger partial charge in [-0.05, 0) is 19.3 Å². The van der Waals surface area contributed by atoms with Crippen molar-refractivity contribution in [3.63, 3.8) is 0 Å². The van der Waals surface area contributed by atoms with Gasteiger partial charge in [0, 0.05) is 7.11 Å². The molecule has 0 N–H and O–H groups in total. The van der Waals surface area contributed by atoms with Crippen LogP contribution in [0.2, 0.25) is 0 Å². The van der Waals surface area contributed by atoms with Crippen molar-refractivity contribution in [3.05, 3.63) is 0 Å². The van der Waals surface area contributed by atoms with E-state index in [0.29, 0.717) is 13.0 Å². The van der Waals surface area contributed by atoms with Crippen molar-refractivity contribution in [1.82, 2.24) is 0 Å². The lowest BCUT2D eigenvalue weighted by Gasteiger charge is -2.22. The summed E-state index contributed by atoms with van der Waals surface area (Å²) in [5.41, 5.74) is 0. The zero-order chi connectivity index (χ0) is 13.4. The number of esters is 1. The summed E-state index contributed by atoms with van der Waals surface area (Å²) in [5.74, 6) is -1.22. The van der Waals surface area contributed by atoms with Gasteiger partial charge in [0.25, 0.3) is 0 Å². The van der Waals surface area contributed by atoms with E-state index in [-0.39, 0.29) is 11.7 Å². The Bertz CT molecular complexity index is 248. The van der Waals surface area contributed by atoms with Gasteiger partial charge in [0.1, 0.15) is 12.0 Å². The van der Waals surface area contributed by atoms with Crippen LogP contribution in [0.5, 0.6) is 0 Å². The maximum Gasteiger partial charge on any atom is 0.316 e. The number of ether oxygens (including phenoxy) is 2. The van der Waals surface area contributed by atoms with Gasteiger partial charge in [-0.25, -0.2) is 0 Å². The minimum absolute atomic E-state index is 0.0567. The molecule has 100 valence electrons. The molecule has 0 bridgehead atoms. The third kappa shape index (κ3) is 4.86.